The summed E-state index contributed by atoms with van der Waals surface area (Å²) in [6, 6.07) is 7.54. The predicted octanol–water partition coefficient (Wildman–Crippen LogP) is 7.11. The van der Waals surface area contributed by atoms with Gasteiger partial charge in [-0.25, -0.2) is 4.79 Å². The lowest BCUT2D eigenvalue weighted by Crippen LogP contribution is -2.53. The summed E-state index contributed by atoms with van der Waals surface area (Å²) in [6.45, 7) is 8.34. The van der Waals surface area contributed by atoms with Gasteiger partial charge in [0.2, 0.25) is 5.91 Å². The van der Waals surface area contributed by atoms with E-state index in [1.54, 1.807) is 20.8 Å². The van der Waals surface area contributed by atoms with E-state index in [0.29, 0.717) is 11.3 Å². The molecule has 3 aliphatic heterocycles. The molecule has 1 amide bonds. The molecule has 8 atom stereocenters. The molecule has 0 spiro atoms. The zero-order chi connectivity index (χ0) is 36.2. The molecule has 0 unspecified atom stereocenters. The fourth-order valence-corrected chi connectivity index (χ4v) is 8.17. The third-order valence-electron chi connectivity index (χ3n) is 10.2. The second-order valence-corrected chi connectivity index (χ2v) is 15.3. The van der Waals surface area contributed by atoms with Crippen LogP contribution >= 0.6 is 0 Å². The number of nitrogens with one attached hydrogen (secondary N) is 1. The molecule has 5 rings (SSSR count). The maximum atomic E-state index is 14.7. The number of nitrogens with zero attached hydrogens (tertiary/aromatic N) is 1. The Balaban J connectivity index is 1.69. The van der Waals surface area contributed by atoms with Crippen LogP contribution in [0.15, 0.2) is 42.5 Å². The molecule has 0 aromatic heterocycles. The molecule has 3 fully saturated rings. The van der Waals surface area contributed by atoms with Gasteiger partial charge in [-0.15, -0.1) is 0 Å². The second kappa shape index (κ2) is 13.4. The third kappa shape index (κ3) is 7.10. The third-order valence-corrected chi connectivity index (χ3v) is 10.2. The van der Waals surface area contributed by atoms with E-state index in [9.17, 15) is 36.6 Å². The van der Waals surface area contributed by atoms with Gasteiger partial charge in [-0.2, -0.15) is 22.0 Å². The first-order valence-electron chi connectivity index (χ1n) is 16.5. The molecule has 2 aromatic rings. The van der Waals surface area contributed by atoms with Gasteiger partial charge in [-0.1, -0.05) is 71.9 Å². The number of halogens is 5. The van der Waals surface area contributed by atoms with Crippen molar-refractivity contribution >= 4 is 11.9 Å². The summed E-state index contributed by atoms with van der Waals surface area (Å²) < 4.78 is 87.3. The number of hydrogen-bond acceptors (Lipinski definition) is 6. The Bertz CT molecular complexity index is 1540. The van der Waals surface area contributed by atoms with Crippen molar-refractivity contribution in [2.24, 2.45) is 23.2 Å². The standard InChI is InChI=1S/C36H45F5N2O6/c1-34(2,3)19-12-13-21(47-7)18(16-19)17-42-28-27(35(4,5)6)30(32(45)46)43(29(28)20-10-8-9-11-22(20)49-33(37)38)31(44)25-23-14-15-24(48-23)26(25)36(39,40)41/h8-13,16,23-30,33,42H,14-15,17H2,1-7H3,(H,45,46)/t23-,24+,25+,26+,27+,28+,29+,30+/m1/s1. The number of alkyl halides is 5. The summed E-state index contributed by atoms with van der Waals surface area (Å²) in [5.41, 5.74) is 0.679. The Kier molecular flexibility index (Phi) is 10.0. The first-order chi connectivity index (χ1) is 22.8. The highest BCUT2D eigenvalue weighted by molar-refractivity contribution is 5.88. The van der Waals surface area contributed by atoms with E-state index in [4.69, 9.17) is 14.2 Å². The number of likely N-dealkylation sites (tertiary alicyclic amines) is 1. The van der Waals surface area contributed by atoms with E-state index in [1.165, 1.54) is 31.4 Å². The van der Waals surface area contributed by atoms with Gasteiger partial charge in [0.25, 0.3) is 0 Å². The number of benzene rings is 2. The maximum Gasteiger partial charge on any atom is 0.395 e. The highest BCUT2D eigenvalue weighted by Gasteiger charge is 2.66. The van der Waals surface area contributed by atoms with E-state index in [-0.39, 0.29) is 36.1 Å². The summed E-state index contributed by atoms with van der Waals surface area (Å²) in [6.07, 6.45) is -6.74. The average molecular weight is 697 g/mol. The van der Waals surface area contributed by atoms with E-state index < -0.39 is 78.2 Å². The molecule has 3 aliphatic rings. The number of rotatable bonds is 9. The highest BCUT2D eigenvalue weighted by atomic mass is 19.4. The molecular weight excluding hydrogens is 651 g/mol. The van der Waals surface area contributed by atoms with Crippen LogP contribution in [0, 0.1) is 23.2 Å². The molecule has 3 heterocycles. The predicted molar refractivity (Wildman–Crippen MR) is 170 cm³/mol. The number of carboxylic acid groups (broad SMARTS) is 1. The van der Waals surface area contributed by atoms with Crippen molar-refractivity contribution in [2.75, 3.05) is 7.11 Å². The molecule has 0 radical (unpaired) electrons. The quantitative estimate of drug-likeness (QED) is 0.270. The molecule has 8 nitrogen and oxygen atoms in total. The van der Waals surface area contributed by atoms with Crippen LogP contribution < -0.4 is 14.8 Å². The van der Waals surface area contributed by atoms with Crippen molar-refractivity contribution in [3.8, 4) is 11.5 Å². The van der Waals surface area contributed by atoms with Crippen LogP contribution in [0.5, 0.6) is 11.5 Å². The highest BCUT2D eigenvalue weighted by Crippen LogP contribution is 2.55. The van der Waals surface area contributed by atoms with Gasteiger partial charge in [-0.05, 0) is 41.4 Å². The van der Waals surface area contributed by atoms with Gasteiger partial charge >= 0.3 is 18.8 Å². The SMILES string of the molecule is COc1ccc(C(C)(C)C)cc1CN[C@H]1[C@H](C(C)(C)C)[C@@H](C(=O)O)N(C(=O)[C@@H]2[C@@H](C(F)(F)F)[C@@H]3CC[C@H]2O3)[C@H]1c1ccccc1OC(F)F. The minimum Gasteiger partial charge on any atom is -0.496 e. The molecule has 2 aromatic carbocycles. The Morgan fingerprint density at radius 1 is 0.980 bits per heavy atom. The Morgan fingerprint density at radius 2 is 1.63 bits per heavy atom. The van der Waals surface area contributed by atoms with Gasteiger partial charge in [0.1, 0.15) is 17.5 Å². The monoisotopic (exact) mass is 696 g/mol. The number of hydrogen-bond donors (Lipinski definition) is 2. The van der Waals surface area contributed by atoms with Gasteiger partial charge in [-0.3, -0.25) is 4.79 Å². The molecule has 2 N–H and O–H groups in total. The number of fused-ring (bicyclic) bond motifs is 2. The molecule has 13 heteroatoms. The molecule has 2 bridgehead atoms. The van der Waals surface area contributed by atoms with Gasteiger partial charge < -0.3 is 29.5 Å². The first kappa shape index (κ1) is 36.8. The zero-order valence-corrected chi connectivity index (χ0v) is 28.7. The average Bonchev–Trinajstić information content (AvgIpc) is 3.70. The van der Waals surface area contributed by atoms with Gasteiger partial charge in [0, 0.05) is 29.6 Å². The van der Waals surface area contributed by atoms with Crippen LogP contribution in [0.3, 0.4) is 0 Å². The van der Waals surface area contributed by atoms with E-state index >= 15 is 0 Å². The number of carbonyl (C=O) groups is 2. The summed E-state index contributed by atoms with van der Waals surface area (Å²) in [5.74, 6) is -6.97. The fraction of sp³-hybridized carbons (Fsp3) is 0.611. The zero-order valence-electron chi connectivity index (χ0n) is 28.7. The topological polar surface area (TPSA) is 97.3 Å². The number of methoxy groups -OCH3 is 1. The van der Waals surface area contributed by atoms with Gasteiger partial charge in [0.15, 0.2) is 0 Å². The molecule has 49 heavy (non-hydrogen) atoms. The number of aliphatic carboxylic acids is 1. The largest absolute Gasteiger partial charge is 0.496 e. The van der Waals surface area contributed by atoms with Crippen LogP contribution in [0.25, 0.3) is 0 Å². The van der Waals surface area contributed by atoms with E-state index in [1.807, 2.05) is 39.0 Å². The molecular formula is C36H45F5N2O6. The number of carbonyl (C=O) groups excluding carboxylic acids is 1. The van der Waals surface area contributed by atoms with Crippen molar-refractivity contribution in [3.63, 3.8) is 0 Å². The van der Waals surface area contributed by atoms with Crippen molar-refractivity contribution in [2.45, 2.75) is 109 Å². The van der Waals surface area contributed by atoms with Crippen LogP contribution in [0.2, 0.25) is 0 Å². The summed E-state index contributed by atoms with van der Waals surface area (Å²) in [5, 5.41) is 14.2. The summed E-state index contributed by atoms with van der Waals surface area (Å²) >= 11 is 0. The minimum absolute atomic E-state index is 0.0506. The van der Waals surface area contributed by atoms with E-state index in [2.05, 4.69) is 5.32 Å². The van der Waals surface area contributed by atoms with Crippen LogP contribution in [-0.4, -0.2) is 66.1 Å². The van der Waals surface area contributed by atoms with E-state index in [0.717, 1.165) is 10.5 Å². The number of ether oxygens (including phenoxy) is 3. The van der Waals surface area contributed by atoms with Crippen LogP contribution in [-0.2, 0) is 26.3 Å². The molecule has 0 aliphatic carbocycles. The number of para-hydroxylation sites is 1. The molecule has 270 valence electrons. The van der Waals surface area contributed by atoms with Crippen molar-refractivity contribution in [1.29, 1.82) is 0 Å². The fourth-order valence-electron chi connectivity index (χ4n) is 8.17. The lowest BCUT2D eigenvalue weighted by molar-refractivity contribution is -0.200. The van der Waals surface area contributed by atoms with Crippen molar-refractivity contribution in [1.82, 2.24) is 10.2 Å². The Labute approximate surface area is 283 Å². The number of carboxylic acids is 1. The molecule has 0 saturated carbocycles. The smallest absolute Gasteiger partial charge is 0.395 e. The Morgan fingerprint density at radius 3 is 2.20 bits per heavy atom. The van der Waals surface area contributed by atoms with Crippen molar-refractivity contribution < 1.29 is 50.9 Å². The second-order valence-electron chi connectivity index (χ2n) is 15.3. The van der Waals surface area contributed by atoms with Gasteiger partial charge in [0.05, 0.1) is 37.2 Å². The normalized spacial score (nSPS) is 28.7. The van der Waals surface area contributed by atoms with Crippen molar-refractivity contribution in [3.05, 3.63) is 59.2 Å². The minimum atomic E-state index is -4.79. The summed E-state index contributed by atoms with van der Waals surface area (Å²) in [4.78, 5) is 29.0. The molecule has 3 saturated heterocycles. The first-order valence-corrected chi connectivity index (χ1v) is 16.5. The lowest BCUT2D eigenvalue weighted by atomic mass is 9.72. The Hall–Kier alpha value is -3.45. The lowest BCUT2D eigenvalue weighted by Gasteiger charge is -2.37. The number of amides is 1. The van der Waals surface area contributed by atoms with Crippen LogP contribution in [0.1, 0.15) is 77.1 Å². The maximum absolute atomic E-state index is 14.7. The summed E-state index contributed by atoms with van der Waals surface area (Å²) in [7, 11) is 1.51. The van der Waals surface area contributed by atoms with Crippen LogP contribution in [0.4, 0.5) is 22.0 Å².